The molecule has 0 aliphatic carbocycles. The highest BCUT2D eigenvalue weighted by Crippen LogP contribution is 2.35. The van der Waals surface area contributed by atoms with Crippen LogP contribution in [0.2, 0.25) is 0 Å². The lowest BCUT2D eigenvalue weighted by Crippen LogP contribution is -2.19. The van der Waals surface area contributed by atoms with Gasteiger partial charge in [-0.3, -0.25) is 5.32 Å². The van der Waals surface area contributed by atoms with E-state index in [0.717, 1.165) is 25.4 Å². The molecule has 0 unspecified atom stereocenters. The first-order chi connectivity index (χ1) is 13.1. The van der Waals surface area contributed by atoms with Crippen molar-refractivity contribution in [2.24, 2.45) is 0 Å². The zero-order valence-corrected chi connectivity index (χ0v) is 16.5. The largest absolute Gasteiger partial charge is 0.497 e. The summed E-state index contributed by atoms with van der Waals surface area (Å²) in [6, 6.07) is 8.72. The maximum absolute atomic E-state index is 12.4. The molecule has 2 amide bonds. The molecule has 0 radical (unpaired) electrons. The van der Waals surface area contributed by atoms with Gasteiger partial charge in [0.1, 0.15) is 17.0 Å². The van der Waals surface area contributed by atoms with Crippen molar-refractivity contribution in [3.63, 3.8) is 0 Å². The number of thiazole rings is 2. The third kappa shape index (κ3) is 3.38. The number of carbonyl (C=O) groups excluding carboxylic acids is 1. The van der Waals surface area contributed by atoms with E-state index in [4.69, 9.17) is 9.47 Å². The summed E-state index contributed by atoms with van der Waals surface area (Å²) < 4.78 is 12.5. The zero-order valence-electron chi connectivity index (χ0n) is 14.8. The number of nitrogens with one attached hydrogen (secondary N) is 2. The van der Waals surface area contributed by atoms with Crippen LogP contribution in [0.15, 0.2) is 30.3 Å². The Hall–Kier alpha value is -2.91. The average molecular weight is 400 g/mol. The normalized spacial score (nSPS) is 10.9. The maximum atomic E-state index is 12.4. The number of fused-ring (bicyclic) bond motifs is 3. The number of aromatic nitrogens is 2. The van der Waals surface area contributed by atoms with Crippen molar-refractivity contribution in [1.82, 2.24) is 9.97 Å². The van der Waals surface area contributed by atoms with Crippen LogP contribution in [0.4, 0.5) is 15.6 Å². The Labute approximate surface area is 163 Å². The van der Waals surface area contributed by atoms with E-state index in [0.29, 0.717) is 22.3 Å². The molecule has 0 aliphatic heterocycles. The SMILES string of the molecule is COc1ccc(NC(=O)Nc2nc3ccc4sc(C)nc4c3s2)c(OC)c1. The maximum Gasteiger partial charge on any atom is 0.325 e. The third-order valence-electron chi connectivity index (χ3n) is 3.90. The minimum absolute atomic E-state index is 0.400. The van der Waals surface area contributed by atoms with Crippen molar-refractivity contribution in [2.75, 3.05) is 24.9 Å². The minimum Gasteiger partial charge on any atom is -0.497 e. The molecule has 0 fully saturated rings. The van der Waals surface area contributed by atoms with Crippen LogP contribution < -0.4 is 20.1 Å². The van der Waals surface area contributed by atoms with Crippen molar-refractivity contribution >= 4 is 60.0 Å². The van der Waals surface area contributed by atoms with Crippen LogP contribution in [0.1, 0.15) is 5.01 Å². The number of hydrogen-bond donors (Lipinski definition) is 2. The monoisotopic (exact) mass is 400 g/mol. The van der Waals surface area contributed by atoms with Crippen molar-refractivity contribution in [3.05, 3.63) is 35.3 Å². The Kier molecular flexibility index (Phi) is 4.54. The number of carbonyl (C=O) groups is 1. The molecule has 27 heavy (non-hydrogen) atoms. The predicted octanol–water partition coefficient (Wildman–Crippen LogP) is 4.88. The molecule has 0 bridgehead atoms. The van der Waals surface area contributed by atoms with E-state index in [2.05, 4.69) is 20.6 Å². The molecule has 4 rings (SSSR count). The fourth-order valence-corrected chi connectivity index (χ4v) is 4.55. The van der Waals surface area contributed by atoms with E-state index < -0.39 is 6.03 Å². The van der Waals surface area contributed by atoms with Crippen molar-refractivity contribution in [2.45, 2.75) is 6.92 Å². The highest BCUT2D eigenvalue weighted by molar-refractivity contribution is 7.24. The van der Waals surface area contributed by atoms with Crippen LogP contribution >= 0.6 is 22.7 Å². The number of anilines is 2. The first-order valence-corrected chi connectivity index (χ1v) is 9.67. The lowest BCUT2D eigenvalue weighted by molar-refractivity contribution is 0.262. The van der Waals surface area contributed by atoms with Gasteiger partial charge in [-0.25, -0.2) is 14.8 Å². The number of aryl methyl sites for hydroxylation is 1. The summed E-state index contributed by atoms with van der Waals surface area (Å²) in [5.74, 6) is 1.15. The van der Waals surface area contributed by atoms with Crippen LogP contribution in [0.25, 0.3) is 20.4 Å². The van der Waals surface area contributed by atoms with E-state index in [1.165, 1.54) is 18.4 Å². The van der Waals surface area contributed by atoms with Crippen molar-refractivity contribution in [1.29, 1.82) is 0 Å². The number of methoxy groups -OCH3 is 2. The molecule has 7 nitrogen and oxygen atoms in total. The highest BCUT2D eigenvalue weighted by atomic mass is 32.1. The molecule has 9 heteroatoms. The van der Waals surface area contributed by atoms with Gasteiger partial charge >= 0.3 is 6.03 Å². The van der Waals surface area contributed by atoms with E-state index in [-0.39, 0.29) is 0 Å². The van der Waals surface area contributed by atoms with Gasteiger partial charge in [-0.2, -0.15) is 0 Å². The molecule has 138 valence electrons. The fraction of sp³-hybridized carbons (Fsp3) is 0.167. The van der Waals surface area contributed by atoms with Crippen LogP contribution in [0.5, 0.6) is 11.5 Å². The fourth-order valence-electron chi connectivity index (χ4n) is 2.69. The second-order valence-electron chi connectivity index (χ2n) is 5.66. The number of amides is 2. The van der Waals surface area contributed by atoms with Gasteiger partial charge in [0.15, 0.2) is 5.13 Å². The van der Waals surface area contributed by atoms with Crippen LogP contribution in [0.3, 0.4) is 0 Å². The summed E-state index contributed by atoms with van der Waals surface area (Å²) in [6.07, 6.45) is 0. The predicted molar refractivity (Wildman–Crippen MR) is 110 cm³/mol. The second kappa shape index (κ2) is 7.01. The number of ether oxygens (including phenoxy) is 2. The average Bonchev–Trinajstić information content (AvgIpc) is 3.23. The lowest BCUT2D eigenvalue weighted by Gasteiger charge is -2.11. The van der Waals surface area contributed by atoms with Crippen LogP contribution in [0, 0.1) is 6.92 Å². The first-order valence-electron chi connectivity index (χ1n) is 8.04. The van der Waals surface area contributed by atoms with Gasteiger partial charge in [0, 0.05) is 6.07 Å². The van der Waals surface area contributed by atoms with Gasteiger partial charge in [0.25, 0.3) is 0 Å². The summed E-state index contributed by atoms with van der Waals surface area (Å²) in [7, 11) is 3.11. The van der Waals surface area contributed by atoms with Crippen LogP contribution in [-0.4, -0.2) is 30.2 Å². The number of urea groups is 1. The molecule has 0 saturated heterocycles. The number of hydrogen-bond acceptors (Lipinski definition) is 7. The van der Waals surface area contributed by atoms with E-state index in [1.807, 2.05) is 19.1 Å². The number of benzene rings is 2. The molecule has 2 aromatic heterocycles. The molecule has 2 N–H and O–H groups in total. The number of nitrogens with zero attached hydrogens (tertiary/aromatic N) is 2. The van der Waals surface area contributed by atoms with E-state index in [1.54, 1.807) is 36.6 Å². The Balaban J connectivity index is 1.57. The summed E-state index contributed by atoms with van der Waals surface area (Å²) in [5.41, 5.74) is 2.28. The highest BCUT2D eigenvalue weighted by Gasteiger charge is 2.14. The van der Waals surface area contributed by atoms with Gasteiger partial charge in [-0.1, -0.05) is 11.3 Å². The summed E-state index contributed by atoms with van der Waals surface area (Å²) in [6.45, 7) is 1.98. The molecule has 0 spiro atoms. The van der Waals surface area contributed by atoms with Gasteiger partial charge in [0.2, 0.25) is 0 Å². The molecular weight excluding hydrogens is 384 g/mol. The molecule has 2 heterocycles. The van der Waals surface area contributed by atoms with E-state index >= 15 is 0 Å². The molecule has 0 atom stereocenters. The smallest absolute Gasteiger partial charge is 0.325 e. The summed E-state index contributed by atoms with van der Waals surface area (Å²) in [5, 5.41) is 7.06. The quantitative estimate of drug-likeness (QED) is 0.510. The molecule has 4 aromatic rings. The lowest BCUT2D eigenvalue weighted by atomic mass is 10.2. The van der Waals surface area contributed by atoms with Gasteiger partial charge in [-0.05, 0) is 31.2 Å². The Morgan fingerprint density at radius 1 is 1.04 bits per heavy atom. The van der Waals surface area contributed by atoms with Crippen LogP contribution in [-0.2, 0) is 0 Å². The van der Waals surface area contributed by atoms with Crippen molar-refractivity contribution in [3.8, 4) is 11.5 Å². The summed E-state index contributed by atoms with van der Waals surface area (Å²) in [4.78, 5) is 21.4. The topological polar surface area (TPSA) is 85.4 Å². The first kappa shape index (κ1) is 17.5. The number of rotatable bonds is 4. The Morgan fingerprint density at radius 2 is 1.89 bits per heavy atom. The third-order valence-corrected chi connectivity index (χ3v) is 5.83. The molecule has 0 saturated carbocycles. The molecule has 2 aromatic carbocycles. The van der Waals surface area contributed by atoms with Gasteiger partial charge < -0.3 is 14.8 Å². The Bertz CT molecular complexity index is 1150. The standard InChI is InChI=1S/C18H16N4O3S2/c1-9-19-15-14(26-9)7-6-12-16(15)27-18(21-12)22-17(23)20-11-5-4-10(24-2)8-13(11)25-3/h4-8H,1-3H3,(H2,20,21,22,23). The summed E-state index contributed by atoms with van der Waals surface area (Å²) >= 11 is 3.05. The Morgan fingerprint density at radius 3 is 2.67 bits per heavy atom. The minimum atomic E-state index is -0.400. The van der Waals surface area contributed by atoms with E-state index in [9.17, 15) is 4.79 Å². The van der Waals surface area contributed by atoms with Crippen molar-refractivity contribution < 1.29 is 14.3 Å². The second-order valence-corrected chi connectivity index (χ2v) is 7.89. The molecule has 0 aliphatic rings. The van der Waals surface area contributed by atoms with Gasteiger partial charge in [0.05, 0.1) is 39.8 Å². The van der Waals surface area contributed by atoms with Gasteiger partial charge in [-0.15, -0.1) is 11.3 Å². The molecular formula is C18H16N4O3S2. The zero-order chi connectivity index (χ0) is 19.0.